The molecule has 12 heteroatoms. The smallest absolute Gasteiger partial charge is 0.349 e. The normalized spacial score (nSPS) is 10.5. The average Bonchev–Trinajstić information content (AvgIpc) is 2.81. The number of allylic oxidation sites excluding steroid dienone is 1. The summed E-state index contributed by atoms with van der Waals surface area (Å²) < 4.78 is 6.55. The molecule has 0 saturated heterocycles. The molecule has 0 saturated carbocycles. The van der Waals surface area contributed by atoms with E-state index < -0.39 is 11.2 Å². The molecule has 0 unspecified atom stereocenters. The lowest BCUT2D eigenvalue weighted by Crippen LogP contribution is -2.34. The van der Waals surface area contributed by atoms with Crippen molar-refractivity contribution in [2.75, 3.05) is 13.3 Å². The maximum atomic E-state index is 12.1. The SMILES string of the molecule is C=C(/C=C(\C(=O)NC)C(C)C)Oc1c(Cl)cc(-n2nc(CN)c(=O)[nH]c2=O)cc1Cl.CCC.CS. The van der Waals surface area contributed by atoms with Gasteiger partial charge >= 0.3 is 5.69 Å². The number of nitrogens with two attached hydrogens (primary N) is 1. The first-order valence-corrected chi connectivity index (χ1v) is 12.3. The van der Waals surface area contributed by atoms with Crippen LogP contribution < -0.4 is 27.0 Å². The molecule has 9 nitrogen and oxygen atoms in total. The van der Waals surface area contributed by atoms with Crippen molar-refractivity contribution in [1.82, 2.24) is 20.1 Å². The van der Waals surface area contributed by atoms with E-state index in [-0.39, 0.29) is 51.3 Å². The minimum atomic E-state index is -0.780. The van der Waals surface area contributed by atoms with Gasteiger partial charge in [0.15, 0.2) is 5.75 Å². The molecule has 1 aromatic carbocycles. The molecule has 194 valence electrons. The number of ether oxygens (including phenoxy) is 1. The zero-order chi connectivity index (χ0) is 27.3. The Morgan fingerprint density at radius 3 is 2.23 bits per heavy atom. The third-order valence-electron chi connectivity index (χ3n) is 3.98. The Morgan fingerprint density at radius 2 is 1.80 bits per heavy atom. The molecule has 1 heterocycles. The number of benzene rings is 1. The van der Waals surface area contributed by atoms with Gasteiger partial charge < -0.3 is 15.8 Å². The van der Waals surface area contributed by atoms with Gasteiger partial charge in [0.05, 0.1) is 15.7 Å². The van der Waals surface area contributed by atoms with Gasteiger partial charge in [0, 0.05) is 19.2 Å². The quantitative estimate of drug-likeness (QED) is 0.180. The Labute approximate surface area is 220 Å². The van der Waals surface area contributed by atoms with Crippen LogP contribution in [0.1, 0.15) is 39.8 Å². The molecular weight excluding hydrogens is 513 g/mol. The van der Waals surface area contributed by atoms with Crippen LogP contribution >= 0.6 is 35.8 Å². The summed E-state index contributed by atoms with van der Waals surface area (Å²) in [6, 6.07) is 2.77. The van der Waals surface area contributed by atoms with E-state index in [9.17, 15) is 14.4 Å². The van der Waals surface area contributed by atoms with Crippen molar-refractivity contribution in [1.29, 1.82) is 0 Å². The van der Waals surface area contributed by atoms with Crippen LogP contribution in [0.2, 0.25) is 10.0 Å². The number of nitrogens with zero attached hydrogens (tertiary/aromatic N) is 2. The number of hydrogen-bond acceptors (Lipinski definition) is 7. The molecule has 0 spiro atoms. The average molecular weight is 547 g/mol. The van der Waals surface area contributed by atoms with E-state index in [2.05, 4.69) is 48.5 Å². The molecule has 2 rings (SSSR count). The molecule has 1 aromatic heterocycles. The van der Waals surface area contributed by atoms with Crippen molar-refractivity contribution in [3.8, 4) is 11.4 Å². The third-order valence-corrected chi connectivity index (χ3v) is 4.54. The van der Waals surface area contributed by atoms with Crippen molar-refractivity contribution in [3.63, 3.8) is 0 Å². The van der Waals surface area contributed by atoms with Crippen LogP contribution in [0.15, 0.2) is 45.7 Å². The van der Waals surface area contributed by atoms with Gasteiger partial charge in [-0.1, -0.05) is 63.9 Å². The Morgan fingerprint density at radius 1 is 1.29 bits per heavy atom. The van der Waals surface area contributed by atoms with Crippen LogP contribution in [-0.2, 0) is 11.3 Å². The summed E-state index contributed by atoms with van der Waals surface area (Å²) in [5.41, 5.74) is 4.64. The number of thiol groups is 1. The van der Waals surface area contributed by atoms with E-state index >= 15 is 0 Å². The molecule has 4 N–H and O–H groups in total. The van der Waals surface area contributed by atoms with E-state index in [1.807, 2.05) is 13.8 Å². The first-order valence-electron chi connectivity index (χ1n) is 10.7. The molecular formula is C23H33Cl2N5O4S. The number of aromatic nitrogens is 3. The van der Waals surface area contributed by atoms with Crippen LogP contribution in [0.25, 0.3) is 5.69 Å². The summed E-state index contributed by atoms with van der Waals surface area (Å²) in [5.74, 6) is -0.112. The Hall–Kier alpha value is -2.53. The highest BCUT2D eigenvalue weighted by Crippen LogP contribution is 2.36. The fourth-order valence-corrected chi connectivity index (χ4v) is 3.03. The maximum absolute atomic E-state index is 12.1. The molecule has 2 aromatic rings. The highest BCUT2D eigenvalue weighted by molar-refractivity contribution is 7.79. The summed E-state index contributed by atoms with van der Waals surface area (Å²) >= 11 is 16.1. The molecule has 0 radical (unpaired) electrons. The highest BCUT2D eigenvalue weighted by Gasteiger charge is 2.17. The molecule has 0 bridgehead atoms. The van der Waals surface area contributed by atoms with Gasteiger partial charge in [-0.05, 0) is 30.4 Å². The van der Waals surface area contributed by atoms with E-state index in [1.54, 1.807) is 6.26 Å². The number of aromatic amines is 1. The number of nitrogens with one attached hydrogen (secondary N) is 2. The van der Waals surface area contributed by atoms with E-state index in [4.69, 9.17) is 33.7 Å². The molecule has 0 aliphatic carbocycles. The number of halogens is 2. The Kier molecular flexibility index (Phi) is 15.0. The van der Waals surface area contributed by atoms with Crippen molar-refractivity contribution < 1.29 is 9.53 Å². The number of amides is 1. The Bertz CT molecular complexity index is 1140. The van der Waals surface area contributed by atoms with Crippen molar-refractivity contribution >= 4 is 41.7 Å². The predicted molar refractivity (Wildman–Crippen MR) is 146 cm³/mol. The monoisotopic (exact) mass is 545 g/mol. The third kappa shape index (κ3) is 9.56. The van der Waals surface area contributed by atoms with Gasteiger partial charge in [-0.25, -0.2) is 4.79 Å². The number of likely N-dealkylation sites (N-methyl/N-ethyl adjacent to an activating group) is 1. The van der Waals surface area contributed by atoms with Gasteiger partial charge in [-0.2, -0.15) is 22.4 Å². The lowest BCUT2D eigenvalue weighted by atomic mass is 10.0. The van der Waals surface area contributed by atoms with Crippen molar-refractivity contribution in [3.05, 3.63) is 72.7 Å². The lowest BCUT2D eigenvalue weighted by Gasteiger charge is -2.14. The molecule has 0 aliphatic rings. The largest absolute Gasteiger partial charge is 0.455 e. The van der Waals surface area contributed by atoms with Gasteiger partial charge in [0.25, 0.3) is 5.56 Å². The van der Waals surface area contributed by atoms with Gasteiger partial charge in [0.2, 0.25) is 5.91 Å². The topological polar surface area (TPSA) is 132 Å². The van der Waals surface area contributed by atoms with Crippen molar-refractivity contribution in [2.24, 2.45) is 11.7 Å². The van der Waals surface area contributed by atoms with E-state index in [1.165, 1.54) is 31.7 Å². The summed E-state index contributed by atoms with van der Waals surface area (Å²) in [5, 5.41) is 6.60. The number of H-pyrrole nitrogens is 1. The second kappa shape index (κ2) is 16.2. The summed E-state index contributed by atoms with van der Waals surface area (Å²) in [7, 11) is 1.53. The minimum absolute atomic E-state index is 0.0314. The molecule has 0 aliphatic heterocycles. The summed E-state index contributed by atoms with van der Waals surface area (Å²) in [4.78, 5) is 37.8. The fraction of sp³-hybridized carbons (Fsp3) is 0.391. The molecule has 1 amide bonds. The molecule has 0 fully saturated rings. The van der Waals surface area contributed by atoms with Crippen LogP contribution in [0.3, 0.4) is 0 Å². The second-order valence-electron chi connectivity index (χ2n) is 7.17. The summed E-state index contributed by atoms with van der Waals surface area (Å²) in [6.45, 7) is 11.6. The van der Waals surface area contributed by atoms with Crippen LogP contribution in [0.4, 0.5) is 0 Å². The van der Waals surface area contributed by atoms with Crippen LogP contribution in [0.5, 0.6) is 5.75 Å². The minimum Gasteiger partial charge on any atom is -0.455 e. The number of rotatable bonds is 7. The second-order valence-corrected chi connectivity index (χ2v) is 7.98. The van der Waals surface area contributed by atoms with Gasteiger partial charge in [-0.3, -0.25) is 14.6 Å². The predicted octanol–water partition coefficient (Wildman–Crippen LogP) is 3.87. The van der Waals surface area contributed by atoms with Gasteiger partial charge in [-0.15, -0.1) is 0 Å². The zero-order valence-corrected chi connectivity index (χ0v) is 23.1. The fourth-order valence-electron chi connectivity index (χ4n) is 2.48. The van der Waals surface area contributed by atoms with Crippen molar-refractivity contribution in [2.45, 2.75) is 40.7 Å². The number of carbonyl (C=O) groups excluding carboxylic acids is 1. The highest BCUT2D eigenvalue weighted by atomic mass is 35.5. The Balaban J connectivity index is 0.00000214. The first kappa shape index (κ1) is 32.5. The molecule has 35 heavy (non-hydrogen) atoms. The maximum Gasteiger partial charge on any atom is 0.349 e. The van der Waals surface area contributed by atoms with Crippen LogP contribution in [-0.4, -0.2) is 34.0 Å². The van der Waals surface area contributed by atoms with E-state index in [0.717, 1.165) is 4.68 Å². The van der Waals surface area contributed by atoms with E-state index in [0.29, 0.717) is 5.57 Å². The number of hydrogen-bond donors (Lipinski definition) is 4. The molecule has 0 atom stereocenters. The zero-order valence-electron chi connectivity index (χ0n) is 20.7. The van der Waals surface area contributed by atoms with Crippen LogP contribution in [0, 0.1) is 5.92 Å². The summed E-state index contributed by atoms with van der Waals surface area (Å²) in [6.07, 6.45) is 4.44. The lowest BCUT2D eigenvalue weighted by molar-refractivity contribution is -0.117. The standard InChI is InChI=1S/C19H21Cl2N5O4.C3H8.CH4S/c1-9(2)12(17(27)23-4)5-10(3)30-16-13(20)6-11(7-14(16)21)26-19(29)24-18(28)15(8-22)25-26;1-3-2;1-2/h5-7,9H,3,8,22H2,1-2,4H3,(H,23,27)(H,24,28,29);3H2,1-2H3;2H,1H3/b12-5-;;. The number of carbonyl (C=O) groups is 1. The first-order chi connectivity index (χ1) is 16.5. The van der Waals surface area contributed by atoms with Gasteiger partial charge in [0.1, 0.15) is 11.5 Å².